The van der Waals surface area contributed by atoms with Crippen LogP contribution in [0.4, 0.5) is 0 Å². The molecule has 1 heterocycles. The molecule has 0 spiro atoms. The Morgan fingerprint density at radius 3 is 3.00 bits per heavy atom. The Morgan fingerprint density at radius 1 is 1.58 bits per heavy atom. The number of carbonyl (C=O) groups is 1. The second-order valence-corrected chi connectivity index (χ2v) is 5.70. The lowest BCUT2D eigenvalue weighted by atomic mass is 10.1. The molecular formula is C13H16IN3O2. The molecule has 5 nitrogen and oxygen atoms in total. The number of amides is 1. The van der Waals surface area contributed by atoms with Crippen LogP contribution in [0.1, 0.15) is 28.8 Å². The van der Waals surface area contributed by atoms with Crippen molar-refractivity contribution in [2.24, 2.45) is 10.9 Å². The maximum Gasteiger partial charge on any atom is 0.255 e. The average Bonchev–Trinajstić information content (AvgIpc) is 2.89. The Hall–Kier alpha value is -1.31. The van der Waals surface area contributed by atoms with Crippen molar-refractivity contribution in [3.05, 3.63) is 32.9 Å². The van der Waals surface area contributed by atoms with Gasteiger partial charge in [-0.1, -0.05) is 17.3 Å². The molecular weight excluding hydrogens is 357 g/mol. The van der Waals surface area contributed by atoms with E-state index in [2.05, 4.69) is 27.7 Å². The Labute approximate surface area is 125 Å². The summed E-state index contributed by atoms with van der Waals surface area (Å²) >= 11 is 2.18. The van der Waals surface area contributed by atoms with Gasteiger partial charge in [0, 0.05) is 10.1 Å². The van der Waals surface area contributed by atoms with Crippen LogP contribution in [-0.4, -0.2) is 34.4 Å². The zero-order valence-electron chi connectivity index (χ0n) is 10.6. The van der Waals surface area contributed by atoms with E-state index in [0.717, 1.165) is 22.0 Å². The number of rotatable bonds is 2. The number of nitrogens with zero attached hydrogens (tertiary/aromatic N) is 2. The van der Waals surface area contributed by atoms with E-state index in [-0.39, 0.29) is 17.8 Å². The van der Waals surface area contributed by atoms with Gasteiger partial charge in [0.15, 0.2) is 5.84 Å². The Balaban J connectivity index is 2.31. The standard InChI is InChI=1S/C13H16IN3O2/c1-8-4-2-5-9(11(8)14)13(18)17-7-3-6-10(17)12(15)16-19/h2,4-5,10,19H,3,6-7H2,1H3,(H2,15,16). The molecule has 0 bridgehead atoms. The minimum absolute atomic E-state index is 0.0535. The fourth-order valence-corrected chi connectivity index (χ4v) is 2.94. The third kappa shape index (κ3) is 2.68. The Bertz CT molecular complexity index is 531. The number of amidine groups is 1. The lowest BCUT2D eigenvalue weighted by molar-refractivity contribution is 0.0766. The summed E-state index contributed by atoms with van der Waals surface area (Å²) in [6.45, 7) is 2.62. The number of aryl methyl sites for hydroxylation is 1. The summed E-state index contributed by atoms with van der Waals surface area (Å²) in [7, 11) is 0. The first-order valence-electron chi connectivity index (χ1n) is 6.09. The average molecular weight is 373 g/mol. The van der Waals surface area contributed by atoms with E-state index in [4.69, 9.17) is 10.9 Å². The van der Waals surface area contributed by atoms with Crippen LogP contribution in [-0.2, 0) is 0 Å². The molecule has 6 heteroatoms. The van der Waals surface area contributed by atoms with E-state index in [1.54, 1.807) is 4.90 Å². The zero-order chi connectivity index (χ0) is 14.0. The van der Waals surface area contributed by atoms with Crippen LogP contribution in [0.2, 0.25) is 0 Å². The first kappa shape index (κ1) is 14.1. The van der Waals surface area contributed by atoms with Crippen molar-refractivity contribution in [2.45, 2.75) is 25.8 Å². The number of likely N-dealkylation sites (tertiary alicyclic amines) is 1. The quantitative estimate of drug-likeness (QED) is 0.274. The molecule has 1 aromatic rings. The van der Waals surface area contributed by atoms with Gasteiger partial charge in [-0.2, -0.15) is 0 Å². The van der Waals surface area contributed by atoms with E-state index in [1.165, 1.54) is 0 Å². The maximum absolute atomic E-state index is 12.6. The summed E-state index contributed by atoms with van der Waals surface area (Å²) in [6, 6.07) is 5.37. The van der Waals surface area contributed by atoms with Gasteiger partial charge in [-0.25, -0.2) is 0 Å². The molecule has 3 N–H and O–H groups in total. The van der Waals surface area contributed by atoms with E-state index in [0.29, 0.717) is 12.1 Å². The highest BCUT2D eigenvalue weighted by atomic mass is 127. The summed E-state index contributed by atoms with van der Waals surface area (Å²) in [5.41, 5.74) is 7.41. The lowest BCUT2D eigenvalue weighted by Crippen LogP contribution is -2.44. The predicted molar refractivity (Wildman–Crippen MR) is 81.4 cm³/mol. The SMILES string of the molecule is Cc1cccc(C(=O)N2CCCC2/C(N)=N/O)c1I. The maximum atomic E-state index is 12.6. The van der Waals surface area contributed by atoms with Crippen molar-refractivity contribution in [1.82, 2.24) is 4.90 Å². The van der Waals surface area contributed by atoms with Crippen molar-refractivity contribution in [3.63, 3.8) is 0 Å². The van der Waals surface area contributed by atoms with Gasteiger partial charge in [-0.05, 0) is 54.0 Å². The van der Waals surface area contributed by atoms with Crippen LogP contribution < -0.4 is 5.73 Å². The lowest BCUT2D eigenvalue weighted by Gasteiger charge is -2.24. The fourth-order valence-electron chi connectivity index (χ4n) is 2.35. The number of hydrogen-bond donors (Lipinski definition) is 2. The fraction of sp³-hybridized carbons (Fsp3) is 0.385. The molecule has 0 radical (unpaired) electrons. The molecule has 1 atom stereocenters. The molecule has 19 heavy (non-hydrogen) atoms. The molecule has 0 saturated carbocycles. The molecule has 2 rings (SSSR count). The molecule has 1 aromatic carbocycles. The molecule has 0 aromatic heterocycles. The molecule has 1 saturated heterocycles. The van der Waals surface area contributed by atoms with Crippen molar-refractivity contribution < 1.29 is 10.0 Å². The second kappa shape index (κ2) is 5.77. The van der Waals surface area contributed by atoms with Crippen molar-refractivity contribution in [1.29, 1.82) is 0 Å². The third-order valence-electron chi connectivity index (χ3n) is 3.39. The Kier molecular flexibility index (Phi) is 4.28. The van der Waals surface area contributed by atoms with E-state index in [9.17, 15) is 4.79 Å². The topological polar surface area (TPSA) is 78.9 Å². The van der Waals surface area contributed by atoms with Crippen LogP contribution >= 0.6 is 22.6 Å². The number of hydrogen-bond acceptors (Lipinski definition) is 3. The van der Waals surface area contributed by atoms with Gasteiger partial charge in [-0.15, -0.1) is 0 Å². The van der Waals surface area contributed by atoms with Crippen molar-refractivity contribution in [3.8, 4) is 0 Å². The van der Waals surface area contributed by atoms with Gasteiger partial charge >= 0.3 is 0 Å². The first-order chi connectivity index (χ1) is 9.06. The van der Waals surface area contributed by atoms with Crippen LogP contribution in [0.15, 0.2) is 23.4 Å². The monoisotopic (exact) mass is 373 g/mol. The minimum atomic E-state index is -0.297. The van der Waals surface area contributed by atoms with Gasteiger partial charge in [0.1, 0.15) is 0 Å². The second-order valence-electron chi connectivity index (χ2n) is 4.62. The minimum Gasteiger partial charge on any atom is -0.409 e. The van der Waals surface area contributed by atoms with E-state index < -0.39 is 0 Å². The highest BCUT2D eigenvalue weighted by Gasteiger charge is 2.33. The highest BCUT2D eigenvalue weighted by Crippen LogP contribution is 2.24. The first-order valence-corrected chi connectivity index (χ1v) is 7.17. The van der Waals surface area contributed by atoms with Gasteiger partial charge in [-0.3, -0.25) is 4.79 Å². The number of oxime groups is 1. The zero-order valence-corrected chi connectivity index (χ0v) is 12.8. The normalized spacial score (nSPS) is 19.8. The van der Waals surface area contributed by atoms with Crippen LogP contribution in [0.25, 0.3) is 0 Å². The molecule has 1 unspecified atom stereocenters. The molecule has 1 aliphatic rings. The van der Waals surface area contributed by atoms with Gasteiger partial charge < -0.3 is 15.8 Å². The van der Waals surface area contributed by atoms with Gasteiger partial charge in [0.05, 0.1) is 11.6 Å². The summed E-state index contributed by atoms with van der Waals surface area (Å²) in [5.74, 6) is 0.0516. The van der Waals surface area contributed by atoms with E-state index >= 15 is 0 Å². The molecule has 1 fully saturated rings. The molecule has 1 aliphatic heterocycles. The molecule has 102 valence electrons. The molecule has 1 amide bonds. The predicted octanol–water partition coefficient (Wildman–Crippen LogP) is 1.95. The van der Waals surface area contributed by atoms with E-state index in [1.807, 2.05) is 25.1 Å². The van der Waals surface area contributed by atoms with Gasteiger partial charge in [0.25, 0.3) is 5.91 Å². The van der Waals surface area contributed by atoms with Gasteiger partial charge in [0.2, 0.25) is 0 Å². The van der Waals surface area contributed by atoms with Crippen molar-refractivity contribution in [2.75, 3.05) is 6.54 Å². The van der Waals surface area contributed by atoms with Crippen LogP contribution in [0, 0.1) is 10.5 Å². The number of halogens is 1. The third-order valence-corrected chi connectivity index (χ3v) is 4.82. The number of nitrogens with two attached hydrogens (primary N) is 1. The van der Waals surface area contributed by atoms with Crippen molar-refractivity contribution >= 4 is 34.3 Å². The summed E-state index contributed by atoms with van der Waals surface area (Å²) in [6.07, 6.45) is 1.61. The summed E-state index contributed by atoms with van der Waals surface area (Å²) in [5, 5.41) is 11.8. The molecule has 0 aliphatic carbocycles. The van der Waals surface area contributed by atoms with Crippen LogP contribution in [0.5, 0.6) is 0 Å². The largest absolute Gasteiger partial charge is 0.409 e. The smallest absolute Gasteiger partial charge is 0.255 e. The number of carbonyl (C=O) groups excluding carboxylic acids is 1. The number of benzene rings is 1. The Morgan fingerprint density at radius 2 is 2.32 bits per heavy atom. The summed E-state index contributed by atoms with van der Waals surface area (Å²) < 4.78 is 0.954. The highest BCUT2D eigenvalue weighted by molar-refractivity contribution is 14.1. The summed E-state index contributed by atoms with van der Waals surface area (Å²) in [4.78, 5) is 14.3. The van der Waals surface area contributed by atoms with Crippen LogP contribution in [0.3, 0.4) is 0 Å².